The number of aromatic amines is 1. The molecule has 3 N–H and O–H groups in total. The predicted molar refractivity (Wildman–Crippen MR) is 112 cm³/mol. The maximum Gasteiger partial charge on any atom is 0.358 e. The Morgan fingerprint density at radius 2 is 1.90 bits per heavy atom. The number of carbonyl (C=O) groups is 1. The van der Waals surface area contributed by atoms with Crippen LogP contribution < -0.4 is 15.9 Å². The van der Waals surface area contributed by atoms with E-state index in [1.807, 2.05) is 30.3 Å². The van der Waals surface area contributed by atoms with Crippen LogP contribution in [0.5, 0.6) is 5.75 Å². The molecule has 10 heteroatoms. The highest BCUT2D eigenvalue weighted by Crippen LogP contribution is 2.48. The number of hydrogen-bond donors (Lipinski definition) is 2. The number of esters is 1. The molecule has 1 unspecified atom stereocenters. The molecule has 164 valence electrons. The summed E-state index contributed by atoms with van der Waals surface area (Å²) in [7, 11) is -3.28. The molecule has 0 aliphatic heterocycles. The molecular weight excluding hydrogens is 411 g/mol. The fourth-order valence-electron chi connectivity index (χ4n) is 2.52. The van der Waals surface area contributed by atoms with Gasteiger partial charge in [0.15, 0.2) is 11.4 Å². The molecule has 0 saturated heterocycles. The number of aromatic nitrogens is 1. The van der Waals surface area contributed by atoms with Crippen LogP contribution in [0.1, 0.15) is 29.4 Å². The van der Waals surface area contributed by atoms with Crippen LogP contribution in [0.15, 0.2) is 47.4 Å². The zero-order chi connectivity index (χ0) is 21.8. The molecule has 1 heterocycles. The Labute approximate surface area is 175 Å². The van der Waals surface area contributed by atoms with Crippen LogP contribution in [0.2, 0.25) is 0 Å². The van der Waals surface area contributed by atoms with Gasteiger partial charge in [-0.05, 0) is 25.5 Å². The standard InChI is InChI=1S/C20H27N2O7P/c1-2-28-30(25,14-6-10-21)29-13-12-26-20(24)18-19(17(23)9-11-22-18)27-15-16-7-4-3-5-8-16/h3-5,7-9,11H,2,6,10,12-15,21H2,1H3,(H,22,23). The van der Waals surface area contributed by atoms with E-state index in [0.29, 0.717) is 13.0 Å². The lowest BCUT2D eigenvalue weighted by molar-refractivity contribution is 0.0424. The first-order valence-electron chi connectivity index (χ1n) is 9.63. The molecule has 2 rings (SSSR count). The number of nitrogens with two attached hydrogens (primary N) is 1. The first-order chi connectivity index (χ1) is 14.5. The van der Waals surface area contributed by atoms with Crippen LogP contribution in [0.25, 0.3) is 0 Å². The third-order valence-electron chi connectivity index (χ3n) is 3.91. The minimum absolute atomic E-state index is 0.102. The molecule has 0 amide bonds. The molecule has 2 aromatic rings. The Hall–Kier alpha value is -2.45. The summed E-state index contributed by atoms with van der Waals surface area (Å²) in [4.78, 5) is 27.3. The number of carbonyl (C=O) groups excluding carboxylic acids is 1. The molecule has 9 nitrogen and oxygen atoms in total. The topological polar surface area (TPSA) is 130 Å². The van der Waals surface area contributed by atoms with Crippen molar-refractivity contribution in [3.8, 4) is 5.75 Å². The van der Waals surface area contributed by atoms with Crippen LogP contribution in [0, 0.1) is 0 Å². The zero-order valence-corrected chi connectivity index (χ0v) is 17.8. The molecule has 0 saturated carbocycles. The van der Waals surface area contributed by atoms with Crippen LogP contribution >= 0.6 is 7.60 Å². The number of pyridine rings is 1. The maximum atomic E-state index is 12.5. The Morgan fingerprint density at radius 1 is 1.13 bits per heavy atom. The highest BCUT2D eigenvalue weighted by Gasteiger charge is 2.24. The van der Waals surface area contributed by atoms with E-state index in [4.69, 9.17) is 24.3 Å². The highest BCUT2D eigenvalue weighted by molar-refractivity contribution is 7.53. The van der Waals surface area contributed by atoms with E-state index in [2.05, 4.69) is 4.98 Å². The SMILES string of the molecule is CCOP(=O)(CCCN)OCCOC(=O)c1[nH]ccc(=O)c1OCc1ccccc1. The van der Waals surface area contributed by atoms with Crippen LogP contribution in [0.4, 0.5) is 0 Å². The quantitative estimate of drug-likeness (QED) is 0.277. The summed E-state index contributed by atoms with van der Waals surface area (Å²) in [6, 6.07) is 10.5. The van der Waals surface area contributed by atoms with E-state index in [1.54, 1.807) is 6.92 Å². The van der Waals surface area contributed by atoms with Gasteiger partial charge in [-0.25, -0.2) is 4.79 Å². The van der Waals surface area contributed by atoms with Gasteiger partial charge in [0.1, 0.15) is 13.2 Å². The van der Waals surface area contributed by atoms with Crippen LogP contribution in [0.3, 0.4) is 0 Å². The molecule has 1 aromatic carbocycles. The average molecular weight is 438 g/mol. The maximum absolute atomic E-state index is 12.5. The Bertz CT molecular complexity index is 902. The van der Waals surface area contributed by atoms with Gasteiger partial charge in [-0.2, -0.15) is 0 Å². The number of H-pyrrole nitrogens is 1. The normalized spacial score (nSPS) is 12.9. The molecule has 1 atom stereocenters. The van der Waals surface area contributed by atoms with Crippen molar-refractivity contribution in [3.05, 3.63) is 64.1 Å². The molecule has 0 fully saturated rings. The first-order valence-corrected chi connectivity index (χ1v) is 11.4. The summed E-state index contributed by atoms with van der Waals surface area (Å²) in [5, 5.41) is 0. The van der Waals surface area contributed by atoms with E-state index in [9.17, 15) is 14.2 Å². The van der Waals surface area contributed by atoms with E-state index >= 15 is 0 Å². The van der Waals surface area contributed by atoms with Gasteiger partial charge in [0, 0.05) is 12.3 Å². The lowest BCUT2D eigenvalue weighted by atomic mass is 10.2. The molecule has 0 bridgehead atoms. The van der Waals surface area contributed by atoms with Crippen molar-refractivity contribution in [1.29, 1.82) is 0 Å². The number of ether oxygens (including phenoxy) is 2. The number of rotatable bonds is 13. The Morgan fingerprint density at radius 3 is 2.60 bits per heavy atom. The molecule has 0 aliphatic rings. The molecular formula is C20H27N2O7P. The van der Waals surface area contributed by atoms with Crippen LogP contribution in [-0.2, 0) is 25.0 Å². The second-order valence-electron chi connectivity index (χ2n) is 6.18. The summed E-state index contributed by atoms with van der Waals surface area (Å²) in [6.07, 6.45) is 2.01. The zero-order valence-electron chi connectivity index (χ0n) is 16.9. The monoisotopic (exact) mass is 438 g/mol. The number of hydrogen-bond acceptors (Lipinski definition) is 8. The first kappa shape index (κ1) is 23.8. The number of nitrogens with one attached hydrogen (secondary N) is 1. The smallest absolute Gasteiger partial charge is 0.358 e. The Balaban J connectivity index is 1.94. The highest BCUT2D eigenvalue weighted by atomic mass is 31.2. The lowest BCUT2D eigenvalue weighted by Crippen LogP contribution is -2.18. The molecule has 1 aromatic heterocycles. The lowest BCUT2D eigenvalue weighted by Gasteiger charge is -2.17. The van der Waals surface area contributed by atoms with Crippen molar-refractivity contribution in [2.75, 3.05) is 32.5 Å². The van der Waals surface area contributed by atoms with Crippen molar-refractivity contribution >= 4 is 13.6 Å². The van der Waals surface area contributed by atoms with Gasteiger partial charge in [-0.15, -0.1) is 0 Å². The fraction of sp³-hybridized carbons (Fsp3) is 0.400. The summed E-state index contributed by atoms with van der Waals surface area (Å²) in [6.45, 7) is 2.13. The van der Waals surface area contributed by atoms with Gasteiger partial charge >= 0.3 is 13.6 Å². The fourth-order valence-corrected chi connectivity index (χ4v) is 4.17. The third-order valence-corrected chi connectivity index (χ3v) is 6.00. The van der Waals surface area contributed by atoms with Gasteiger partial charge in [0.05, 0.1) is 19.4 Å². The molecule has 0 aliphatic carbocycles. The van der Waals surface area contributed by atoms with Crippen molar-refractivity contribution in [1.82, 2.24) is 4.98 Å². The largest absolute Gasteiger partial charge is 0.482 e. The summed E-state index contributed by atoms with van der Waals surface area (Å²) in [5.74, 6) is -0.914. The minimum Gasteiger partial charge on any atom is -0.482 e. The summed E-state index contributed by atoms with van der Waals surface area (Å²) >= 11 is 0. The molecule has 0 spiro atoms. The van der Waals surface area contributed by atoms with E-state index in [-0.39, 0.29) is 44.0 Å². The second-order valence-corrected chi connectivity index (χ2v) is 8.37. The van der Waals surface area contributed by atoms with Crippen molar-refractivity contribution in [2.45, 2.75) is 20.0 Å². The van der Waals surface area contributed by atoms with Gasteiger partial charge in [0.2, 0.25) is 5.43 Å². The van der Waals surface area contributed by atoms with Gasteiger partial charge in [0.25, 0.3) is 0 Å². The van der Waals surface area contributed by atoms with Crippen molar-refractivity contribution < 1.29 is 27.9 Å². The van der Waals surface area contributed by atoms with E-state index in [0.717, 1.165) is 5.56 Å². The molecule has 0 radical (unpaired) electrons. The summed E-state index contributed by atoms with van der Waals surface area (Å²) in [5.41, 5.74) is 5.73. The van der Waals surface area contributed by atoms with Crippen LogP contribution in [-0.4, -0.2) is 43.5 Å². The average Bonchev–Trinajstić information content (AvgIpc) is 2.75. The number of benzene rings is 1. The third kappa shape index (κ3) is 7.42. The van der Waals surface area contributed by atoms with Crippen molar-refractivity contribution in [2.24, 2.45) is 5.73 Å². The minimum atomic E-state index is -3.28. The van der Waals surface area contributed by atoms with E-state index < -0.39 is 19.0 Å². The van der Waals surface area contributed by atoms with Gasteiger partial charge < -0.3 is 29.2 Å². The van der Waals surface area contributed by atoms with Gasteiger partial charge in [-0.3, -0.25) is 9.36 Å². The second kappa shape index (κ2) is 12.3. The van der Waals surface area contributed by atoms with E-state index in [1.165, 1.54) is 12.3 Å². The van der Waals surface area contributed by atoms with Gasteiger partial charge in [-0.1, -0.05) is 30.3 Å². The Kier molecular flexibility index (Phi) is 9.76. The summed E-state index contributed by atoms with van der Waals surface area (Å²) < 4.78 is 33.7. The van der Waals surface area contributed by atoms with Crippen molar-refractivity contribution in [3.63, 3.8) is 0 Å². The molecule has 30 heavy (non-hydrogen) atoms. The predicted octanol–water partition coefficient (Wildman–Crippen LogP) is 2.71.